The lowest BCUT2D eigenvalue weighted by Crippen LogP contribution is -2.52. The lowest BCUT2D eigenvalue weighted by atomic mass is 9.83. The number of carbonyl (C=O) groups is 1. The number of ketones is 1. The Labute approximate surface area is 103 Å². The van der Waals surface area contributed by atoms with Crippen LogP contribution in [-0.4, -0.2) is 17.9 Å². The minimum absolute atomic E-state index is 0.243. The molecule has 1 fully saturated rings. The molecule has 1 unspecified atom stereocenters. The molecular formula is C15H21NO. The summed E-state index contributed by atoms with van der Waals surface area (Å²) in [5.41, 5.74) is 1.72. The highest BCUT2D eigenvalue weighted by Crippen LogP contribution is 2.23. The standard InChI is InChI=1S/C15H21NO/c1-3-12-7-6-8-13(11-12)14(17)15(2)9-4-5-10-16-15/h6-8,11,16H,3-5,9-10H2,1-2H3. The molecule has 0 radical (unpaired) electrons. The zero-order valence-electron chi connectivity index (χ0n) is 10.8. The molecule has 1 atom stereocenters. The van der Waals surface area contributed by atoms with E-state index in [4.69, 9.17) is 0 Å². The van der Waals surface area contributed by atoms with Gasteiger partial charge in [0.15, 0.2) is 5.78 Å². The van der Waals surface area contributed by atoms with Crippen molar-refractivity contribution < 1.29 is 4.79 Å². The summed E-state index contributed by atoms with van der Waals surface area (Å²) in [5.74, 6) is 0.243. The van der Waals surface area contributed by atoms with Crippen LogP contribution in [0.5, 0.6) is 0 Å². The SMILES string of the molecule is CCc1cccc(C(=O)C2(C)CCCCN2)c1. The molecule has 0 bridgehead atoms. The number of hydrogen-bond donors (Lipinski definition) is 1. The van der Waals surface area contributed by atoms with E-state index in [0.717, 1.165) is 31.4 Å². The number of piperidine rings is 1. The summed E-state index contributed by atoms with van der Waals surface area (Å²) in [4.78, 5) is 12.5. The fraction of sp³-hybridized carbons (Fsp3) is 0.533. The highest BCUT2D eigenvalue weighted by molar-refractivity contribution is 6.03. The fourth-order valence-corrected chi connectivity index (χ4v) is 2.50. The van der Waals surface area contributed by atoms with Gasteiger partial charge in [0.1, 0.15) is 0 Å². The fourth-order valence-electron chi connectivity index (χ4n) is 2.50. The summed E-state index contributed by atoms with van der Waals surface area (Å²) in [6.45, 7) is 5.10. The first-order valence-electron chi connectivity index (χ1n) is 6.54. The molecule has 2 rings (SSSR count). The average Bonchev–Trinajstić information content (AvgIpc) is 2.39. The summed E-state index contributed by atoms with van der Waals surface area (Å²) in [7, 11) is 0. The molecule has 0 amide bonds. The van der Waals surface area contributed by atoms with Crippen molar-refractivity contribution in [2.75, 3.05) is 6.54 Å². The predicted octanol–water partition coefficient (Wildman–Crippen LogP) is 2.96. The number of carbonyl (C=O) groups excluding carboxylic acids is 1. The third kappa shape index (κ3) is 2.58. The van der Waals surface area contributed by atoms with Crippen molar-refractivity contribution in [1.82, 2.24) is 5.32 Å². The second-order valence-electron chi connectivity index (χ2n) is 5.10. The maximum Gasteiger partial charge on any atom is 0.182 e. The Morgan fingerprint density at radius 3 is 2.88 bits per heavy atom. The molecule has 0 aliphatic carbocycles. The van der Waals surface area contributed by atoms with Crippen molar-refractivity contribution in [2.45, 2.75) is 45.1 Å². The number of rotatable bonds is 3. The Balaban J connectivity index is 2.23. The van der Waals surface area contributed by atoms with Crippen molar-refractivity contribution in [1.29, 1.82) is 0 Å². The Morgan fingerprint density at radius 1 is 1.41 bits per heavy atom. The Morgan fingerprint density at radius 2 is 2.24 bits per heavy atom. The third-order valence-corrected chi connectivity index (χ3v) is 3.72. The van der Waals surface area contributed by atoms with Crippen LogP contribution in [0.3, 0.4) is 0 Å². The van der Waals surface area contributed by atoms with Crippen molar-refractivity contribution >= 4 is 5.78 Å². The minimum Gasteiger partial charge on any atom is -0.305 e. The Hall–Kier alpha value is -1.15. The zero-order valence-corrected chi connectivity index (χ0v) is 10.8. The van der Waals surface area contributed by atoms with E-state index in [0.29, 0.717) is 0 Å². The summed E-state index contributed by atoms with van der Waals surface area (Å²) < 4.78 is 0. The molecule has 0 aromatic heterocycles. The highest BCUT2D eigenvalue weighted by Gasteiger charge is 2.34. The molecule has 1 aliphatic rings. The predicted molar refractivity (Wildman–Crippen MR) is 70.4 cm³/mol. The van der Waals surface area contributed by atoms with Gasteiger partial charge in [-0.3, -0.25) is 4.79 Å². The van der Waals surface area contributed by atoms with E-state index >= 15 is 0 Å². The van der Waals surface area contributed by atoms with Gasteiger partial charge in [-0.2, -0.15) is 0 Å². The summed E-state index contributed by atoms with van der Waals surface area (Å²) in [6, 6.07) is 8.03. The van der Waals surface area contributed by atoms with Crippen molar-refractivity contribution in [3.8, 4) is 0 Å². The van der Waals surface area contributed by atoms with Gasteiger partial charge in [-0.15, -0.1) is 0 Å². The van der Waals surface area contributed by atoms with Crippen molar-refractivity contribution in [2.24, 2.45) is 0 Å². The van der Waals surface area contributed by atoms with Crippen LogP contribution < -0.4 is 5.32 Å². The lowest BCUT2D eigenvalue weighted by molar-refractivity contribution is 0.0834. The van der Waals surface area contributed by atoms with Gasteiger partial charge in [-0.1, -0.05) is 25.1 Å². The van der Waals surface area contributed by atoms with Gasteiger partial charge >= 0.3 is 0 Å². The van der Waals surface area contributed by atoms with E-state index in [1.54, 1.807) is 0 Å². The normalized spacial score (nSPS) is 24.6. The van der Waals surface area contributed by atoms with Gasteiger partial charge in [0.05, 0.1) is 5.54 Å². The zero-order chi connectivity index (χ0) is 12.3. The van der Waals surface area contributed by atoms with E-state index < -0.39 is 0 Å². The summed E-state index contributed by atoms with van der Waals surface area (Å²) in [6.07, 6.45) is 4.24. The molecule has 2 nitrogen and oxygen atoms in total. The lowest BCUT2D eigenvalue weighted by Gasteiger charge is -2.33. The van der Waals surface area contributed by atoms with Crippen LogP contribution in [0, 0.1) is 0 Å². The molecule has 17 heavy (non-hydrogen) atoms. The van der Waals surface area contributed by atoms with E-state index in [2.05, 4.69) is 18.3 Å². The molecule has 2 heteroatoms. The van der Waals surface area contributed by atoms with E-state index in [-0.39, 0.29) is 11.3 Å². The van der Waals surface area contributed by atoms with Crippen LogP contribution >= 0.6 is 0 Å². The largest absolute Gasteiger partial charge is 0.305 e. The number of benzene rings is 1. The number of hydrogen-bond acceptors (Lipinski definition) is 2. The first-order valence-corrected chi connectivity index (χ1v) is 6.54. The molecule has 1 N–H and O–H groups in total. The topological polar surface area (TPSA) is 29.1 Å². The van der Waals surface area contributed by atoms with Crippen LogP contribution in [0.4, 0.5) is 0 Å². The van der Waals surface area contributed by atoms with Gasteiger partial charge in [-0.25, -0.2) is 0 Å². The molecule has 1 heterocycles. The summed E-state index contributed by atoms with van der Waals surface area (Å²) in [5, 5.41) is 3.38. The molecule has 1 aromatic rings. The first kappa shape index (κ1) is 12.3. The maximum atomic E-state index is 12.5. The number of Topliss-reactive ketones (excluding diaryl/α,β-unsaturated/α-hetero) is 1. The van der Waals surface area contributed by atoms with Crippen LogP contribution in [0.2, 0.25) is 0 Å². The van der Waals surface area contributed by atoms with Gasteiger partial charge in [0.25, 0.3) is 0 Å². The molecule has 0 spiro atoms. The Bertz CT molecular complexity index is 405. The third-order valence-electron chi connectivity index (χ3n) is 3.72. The van der Waals surface area contributed by atoms with Crippen LogP contribution in [-0.2, 0) is 6.42 Å². The molecule has 92 valence electrons. The molecular weight excluding hydrogens is 210 g/mol. The van der Waals surface area contributed by atoms with Crippen LogP contribution in [0.1, 0.15) is 49.0 Å². The van der Waals surface area contributed by atoms with Crippen molar-refractivity contribution in [3.63, 3.8) is 0 Å². The first-order chi connectivity index (χ1) is 8.15. The van der Waals surface area contributed by atoms with Gasteiger partial charge < -0.3 is 5.32 Å². The van der Waals surface area contributed by atoms with Gasteiger partial charge in [0, 0.05) is 5.56 Å². The van der Waals surface area contributed by atoms with E-state index in [1.165, 1.54) is 12.0 Å². The second-order valence-corrected chi connectivity index (χ2v) is 5.10. The number of nitrogens with one attached hydrogen (secondary N) is 1. The highest BCUT2D eigenvalue weighted by atomic mass is 16.1. The summed E-state index contributed by atoms with van der Waals surface area (Å²) >= 11 is 0. The van der Waals surface area contributed by atoms with Gasteiger partial charge in [0.2, 0.25) is 0 Å². The molecule has 1 saturated heterocycles. The maximum absolute atomic E-state index is 12.5. The molecule has 1 aromatic carbocycles. The van der Waals surface area contributed by atoms with Crippen LogP contribution in [0.15, 0.2) is 24.3 Å². The monoisotopic (exact) mass is 231 g/mol. The molecule has 1 aliphatic heterocycles. The second kappa shape index (κ2) is 5.01. The van der Waals surface area contributed by atoms with Gasteiger partial charge in [-0.05, 0) is 50.8 Å². The molecule has 0 saturated carbocycles. The smallest absolute Gasteiger partial charge is 0.182 e. The van der Waals surface area contributed by atoms with Crippen molar-refractivity contribution in [3.05, 3.63) is 35.4 Å². The number of aryl methyl sites for hydroxylation is 1. The average molecular weight is 231 g/mol. The van der Waals surface area contributed by atoms with Crippen LogP contribution in [0.25, 0.3) is 0 Å². The quantitative estimate of drug-likeness (QED) is 0.810. The van der Waals surface area contributed by atoms with E-state index in [1.807, 2.05) is 25.1 Å². The van der Waals surface area contributed by atoms with E-state index in [9.17, 15) is 4.79 Å². The minimum atomic E-state index is -0.357. The Kier molecular flexibility index (Phi) is 3.63.